The summed E-state index contributed by atoms with van der Waals surface area (Å²) in [5, 5.41) is 9.55. The van der Waals surface area contributed by atoms with Crippen molar-refractivity contribution in [3.63, 3.8) is 0 Å². The van der Waals surface area contributed by atoms with Gasteiger partial charge >= 0.3 is 0 Å². The summed E-state index contributed by atoms with van der Waals surface area (Å²) in [4.78, 5) is 17.4. The molecule has 0 aliphatic rings. The summed E-state index contributed by atoms with van der Waals surface area (Å²) < 4.78 is 9.33. The summed E-state index contributed by atoms with van der Waals surface area (Å²) >= 11 is 1.40. The van der Waals surface area contributed by atoms with Crippen molar-refractivity contribution in [1.29, 1.82) is 0 Å². The Morgan fingerprint density at radius 2 is 1.91 bits per heavy atom. The zero-order valence-electron chi connectivity index (χ0n) is 19.3. The van der Waals surface area contributed by atoms with Crippen LogP contribution >= 0.6 is 11.8 Å². The van der Waals surface area contributed by atoms with Crippen molar-refractivity contribution in [3.8, 4) is 17.1 Å². The van der Waals surface area contributed by atoms with Crippen LogP contribution in [0.25, 0.3) is 17.1 Å². The van der Waals surface area contributed by atoms with Gasteiger partial charge < -0.3 is 9.30 Å². The Morgan fingerprint density at radius 3 is 2.64 bits per heavy atom. The molecule has 0 atom stereocenters. The van der Waals surface area contributed by atoms with Crippen molar-refractivity contribution < 1.29 is 9.53 Å². The maximum atomic E-state index is 13.1. The molecule has 0 spiro atoms. The first-order valence-corrected chi connectivity index (χ1v) is 11.7. The highest BCUT2D eigenvalue weighted by molar-refractivity contribution is 7.99. The Hall–Kier alpha value is -3.23. The lowest BCUT2D eigenvalue weighted by Gasteiger charge is -2.12. The number of thioether (sulfide) groups is 1. The third-order valence-electron chi connectivity index (χ3n) is 5.63. The molecule has 0 bridgehead atoms. The number of methoxy groups -OCH3 is 1. The second kappa shape index (κ2) is 10.1. The summed E-state index contributed by atoms with van der Waals surface area (Å²) in [6, 6.07) is 13.9. The van der Waals surface area contributed by atoms with Gasteiger partial charge in [-0.1, -0.05) is 30.0 Å². The van der Waals surface area contributed by atoms with Gasteiger partial charge in [-0.25, -0.2) is 0 Å². The summed E-state index contributed by atoms with van der Waals surface area (Å²) in [5.74, 6) is 1.04. The molecule has 7 nitrogen and oxygen atoms in total. The maximum absolute atomic E-state index is 13.1. The number of aryl methyl sites for hydroxylation is 2. The molecule has 3 aromatic heterocycles. The van der Waals surface area contributed by atoms with E-state index in [4.69, 9.17) is 4.74 Å². The number of ketones is 1. The lowest BCUT2D eigenvalue weighted by Crippen LogP contribution is -2.10. The van der Waals surface area contributed by atoms with E-state index in [1.165, 1.54) is 11.8 Å². The molecule has 0 aliphatic carbocycles. The van der Waals surface area contributed by atoms with Gasteiger partial charge in [-0.15, -0.1) is 10.2 Å². The van der Waals surface area contributed by atoms with Crippen molar-refractivity contribution >= 4 is 17.5 Å². The van der Waals surface area contributed by atoms with Gasteiger partial charge in [0.15, 0.2) is 16.8 Å². The molecule has 0 amide bonds. The van der Waals surface area contributed by atoms with Gasteiger partial charge in [0.1, 0.15) is 0 Å². The highest BCUT2D eigenvalue weighted by atomic mass is 32.2. The van der Waals surface area contributed by atoms with Crippen LogP contribution in [-0.2, 0) is 11.3 Å². The topological polar surface area (TPSA) is 74.8 Å². The van der Waals surface area contributed by atoms with E-state index in [1.54, 1.807) is 19.5 Å². The predicted octanol–water partition coefficient (Wildman–Crippen LogP) is 4.68. The predicted molar refractivity (Wildman–Crippen MR) is 130 cm³/mol. The number of ether oxygens (including phenoxy) is 1. The number of hydrogen-bond donors (Lipinski definition) is 0. The van der Waals surface area contributed by atoms with Crippen LogP contribution in [0, 0.1) is 20.8 Å². The molecular weight excluding hydrogens is 434 g/mol. The molecule has 0 unspecified atom stereocenters. The fourth-order valence-corrected chi connectivity index (χ4v) is 4.72. The average Bonchev–Trinajstić information content (AvgIpc) is 3.37. The molecule has 0 fully saturated rings. The molecule has 170 valence electrons. The van der Waals surface area contributed by atoms with E-state index in [2.05, 4.69) is 32.7 Å². The second-order valence-corrected chi connectivity index (χ2v) is 8.75. The van der Waals surface area contributed by atoms with E-state index in [1.807, 2.05) is 54.8 Å². The van der Waals surface area contributed by atoms with E-state index in [0.717, 1.165) is 40.3 Å². The van der Waals surface area contributed by atoms with Gasteiger partial charge in [0.25, 0.3) is 0 Å². The number of Topliss-reactive ketones (excluding diaryl/α,β-unsaturated/α-hetero) is 1. The lowest BCUT2D eigenvalue weighted by molar-refractivity contribution is 0.102. The van der Waals surface area contributed by atoms with Crippen LogP contribution in [0.5, 0.6) is 0 Å². The van der Waals surface area contributed by atoms with Crippen LogP contribution in [0.2, 0.25) is 0 Å². The number of rotatable bonds is 9. The molecule has 0 radical (unpaired) electrons. The first-order valence-electron chi connectivity index (χ1n) is 10.7. The van der Waals surface area contributed by atoms with Crippen LogP contribution in [0.3, 0.4) is 0 Å². The molecule has 4 rings (SSSR count). The smallest absolute Gasteiger partial charge is 0.196 e. The van der Waals surface area contributed by atoms with Crippen molar-refractivity contribution in [2.24, 2.45) is 0 Å². The molecule has 0 saturated heterocycles. The Morgan fingerprint density at radius 1 is 1.09 bits per heavy atom. The number of carbonyl (C=O) groups is 1. The van der Waals surface area contributed by atoms with Gasteiger partial charge in [0.05, 0.1) is 18.0 Å². The van der Waals surface area contributed by atoms with Gasteiger partial charge in [-0.2, -0.15) is 0 Å². The SMILES string of the molecule is COCCn1c(C)cc(C(=O)CSc2nnc(-c3cccnc3)n2-c2ccccc2C)c1C. The lowest BCUT2D eigenvalue weighted by atomic mass is 10.2. The van der Waals surface area contributed by atoms with Gasteiger partial charge in [-0.3, -0.25) is 14.3 Å². The van der Waals surface area contributed by atoms with Crippen LogP contribution in [-0.4, -0.2) is 49.6 Å². The summed E-state index contributed by atoms with van der Waals surface area (Å²) in [5.41, 5.74) is 5.71. The van der Waals surface area contributed by atoms with Gasteiger partial charge in [0, 0.05) is 48.6 Å². The Labute approximate surface area is 197 Å². The number of pyridine rings is 1. The normalized spacial score (nSPS) is 11.2. The summed E-state index contributed by atoms with van der Waals surface area (Å²) in [7, 11) is 1.68. The largest absolute Gasteiger partial charge is 0.383 e. The quantitative estimate of drug-likeness (QED) is 0.266. The maximum Gasteiger partial charge on any atom is 0.196 e. The molecule has 33 heavy (non-hydrogen) atoms. The molecule has 3 heterocycles. The van der Waals surface area contributed by atoms with E-state index < -0.39 is 0 Å². The highest BCUT2D eigenvalue weighted by Crippen LogP contribution is 2.30. The number of carbonyl (C=O) groups excluding carboxylic acids is 1. The second-order valence-electron chi connectivity index (χ2n) is 7.81. The van der Waals surface area contributed by atoms with E-state index >= 15 is 0 Å². The van der Waals surface area contributed by atoms with Crippen LogP contribution in [0.1, 0.15) is 27.3 Å². The third-order valence-corrected chi connectivity index (χ3v) is 6.56. The minimum absolute atomic E-state index is 0.0685. The minimum atomic E-state index is 0.0685. The molecule has 1 aromatic carbocycles. The Balaban J connectivity index is 1.64. The average molecular weight is 462 g/mol. The number of aromatic nitrogens is 5. The molecule has 4 aromatic rings. The Bertz CT molecular complexity index is 1260. The van der Waals surface area contributed by atoms with Crippen molar-refractivity contribution in [2.75, 3.05) is 19.5 Å². The minimum Gasteiger partial charge on any atom is -0.383 e. The van der Waals surface area contributed by atoms with Gasteiger partial charge in [-0.05, 0) is 50.6 Å². The fourth-order valence-electron chi connectivity index (χ4n) is 3.89. The highest BCUT2D eigenvalue weighted by Gasteiger charge is 2.21. The van der Waals surface area contributed by atoms with Crippen LogP contribution in [0.15, 0.2) is 60.0 Å². The number of benzene rings is 1. The number of hydrogen-bond acceptors (Lipinski definition) is 6. The monoisotopic (exact) mass is 461 g/mol. The van der Waals surface area contributed by atoms with Crippen molar-refractivity contribution in [2.45, 2.75) is 32.5 Å². The molecule has 0 N–H and O–H groups in total. The van der Waals surface area contributed by atoms with Crippen LogP contribution in [0.4, 0.5) is 0 Å². The van der Waals surface area contributed by atoms with E-state index in [-0.39, 0.29) is 11.5 Å². The Kier molecular flexibility index (Phi) is 7.05. The zero-order valence-corrected chi connectivity index (χ0v) is 20.1. The molecular formula is C25H27N5O2S. The fraction of sp³-hybridized carbons (Fsp3) is 0.280. The third kappa shape index (κ3) is 4.77. The first-order chi connectivity index (χ1) is 16.0. The summed E-state index contributed by atoms with van der Waals surface area (Å²) in [6.45, 7) is 7.38. The first kappa shape index (κ1) is 22.9. The van der Waals surface area contributed by atoms with Gasteiger partial charge in [0.2, 0.25) is 0 Å². The van der Waals surface area contributed by atoms with Crippen molar-refractivity contribution in [1.82, 2.24) is 24.3 Å². The number of nitrogens with zero attached hydrogens (tertiary/aromatic N) is 5. The molecule has 0 aliphatic heterocycles. The zero-order chi connectivity index (χ0) is 23.4. The molecule has 8 heteroatoms. The van der Waals surface area contributed by atoms with E-state index in [9.17, 15) is 4.79 Å². The standard InChI is InChI=1S/C25H27N5O2S/c1-17-8-5-6-10-22(17)30-24(20-9-7-11-26-15-20)27-28-25(30)33-16-23(31)21-14-18(2)29(19(21)3)12-13-32-4/h5-11,14-15H,12-13,16H2,1-4H3. The van der Waals surface area contributed by atoms with Crippen molar-refractivity contribution in [3.05, 3.63) is 77.4 Å². The molecule has 0 saturated carbocycles. The van der Waals surface area contributed by atoms with Crippen LogP contribution < -0.4 is 0 Å². The summed E-state index contributed by atoms with van der Waals surface area (Å²) in [6.07, 6.45) is 3.50. The number of para-hydroxylation sites is 1. The van der Waals surface area contributed by atoms with E-state index in [0.29, 0.717) is 17.6 Å².